The Bertz CT molecular complexity index is 413. The molecule has 17 heavy (non-hydrogen) atoms. The van der Waals surface area contributed by atoms with Crippen molar-refractivity contribution in [2.45, 2.75) is 52.0 Å². The second-order valence-corrected chi connectivity index (χ2v) is 5.57. The Balaban J connectivity index is 2.38. The highest BCUT2D eigenvalue weighted by Gasteiger charge is 2.34. The van der Waals surface area contributed by atoms with Gasteiger partial charge in [0.25, 0.3) is 0 Å². The summed E-state index contributed by atoms with van der Waals surface area (Å²) in [6.45, 7) is 9.55. The van der Waals surface area contributed by atoms with Gasteiger partial charge in [-0.25, -0.2) is 0 Å². The molecule has 0 aliphatic carbocycles. The third-order valence-corrected chi connectivity index (χ3v) is 3.32. The summed E-state index contributed by atoms with van der Waals surface area (Å²) in [5.41, 5.74) is 5.88. The quantitative estimate of drug-likeness (QED) is 0.848. The molecule has 2 rings (SSSR count). The van der Waals surface area contributed by atoms with E-state index in [1.807, 2.05) is 0 Å². The highest BCUT2D eigenvalue weighted by molar-refractivity contribution is 5.39. The summed E-state index contributed by atoms with van der Waals surface area (Å²) in [4.78, 5) is 15.2. The average Bonchev–Trinajstić information content (AvgIpc) is 2.57. The van der Waals surface area contributed by atoms with E-state index in [4.69, 9.17) is 5.73 Å². The van der Waals surface area contributed by atoms with E-state index >= 15 is 0 Å². The number of anilines is 2. The summed E-state index contributed by atoms with van der Waals surface area (Å²) in [6, 6.07) is 0. The van der Waals surface area contributed by atoms with Crippen LogP contribution in [-0.2, 0) is 0 Å². The van der Waals surface area contributed by atoms with Crippen molar-refractivity contribution in [1.82, 2.24) is 15.0 Å². The van der Waals surface area contributed by atoms with Crippen LogP contribution in [0.15, 0.2) is 0 Å². The topological polar surface area (TPSA) is 67.9 Å². The number of nitrogens with zero attached hydrogens (tertiary/aromatic N) is 4. The molecule has 94 valence electrons. The van der Waals surface area contributed by atoms with Gasteiger partial charge in [-0.1, -0.05) is 13.8 Å². The minimum Gasteiger partial charge on any atom is -0.368 e. The van der Waals surface area contributed by atoms with Gasteiger partial charge in [0.1, 0.15) is 5.82 Å². The number of nitrogen functional groups attached to an aromatic ring is 1. The third-order valence-electron chi connectivity index (χ3n) is 3.32. The minimum atomic E-state index is 0.113. The molecule has 0 unspecified atom stereocenters. The predicted molar refractivity (Wildman–Crippen MR) is 69.0 cm³/mol. The average molecular weight is 235 g/mol. The highest BCUT2D eigenvalue weighted by Crippen LogP contribution is 2.31. The maximum Gasteiger partial charge on any atom is 0.230 e. The zero-order valence-electron chi connectivity index (χ0n) is 11.1. The van der Waals surface area contributed by atoms with Gasteiger partial charge in [-0.2, -0.15) is 15.0 Å². The molecule has 1 fully saturated rings. The van der Waals surface area contributed by atoms with Gasteiger partial charge in [0.15, 0.2) is 0 Å². The molecule has 0 amide bonds. The molecule has 1 saturated heterocycles. The van der Waals surface area contributed by atoms with E-state index in [9.17, 15) is 0 Å². The molecule has 0 saturated carbocycles. The van der Waals surface area contributed by atoms with Gasteiger partial charge >= 0.3 is 0 Å². The van der Waals surface area contributed by atoms with Crippen molar-refractivity contribution in [2.24, 2.45) is 0 Å². The Hall–Kier alpha value is -1.39. The fourth-order valence-electron chi connectivity index (χ4n) is 2.25. The molecule has 1 aliphatic heterocycles. The monoisotopic (exact) mass is 235 g/mol. The van der Waals surface area contributed by atoms with Crippen LogP contribution in [0.2, 0.25) is 0 Å². The largest absolute Gasteiger partial charge is 0.368 e. The molecule has 5 nitrogen and oxygen atoms in total. The molecular formula is C12H21N5. The number of hydrogen-bond acceptors (Lipinski definition) is 5. The first-order chi connectivity index (χ1) is 7.90. The molecule has 0 atom stereocenters. The first kappa shape index (κ1) is 12.1. The molecule has 2 N–H and O–H groups in total. The van der Waals surface area contributed by atoms with E-state index in [1.54, 1.807) is 0 Å². The van der Waals surface area contributed by atoms with Crippen molar-refractivity contribution in [2.75, 3.05) is 17.2 Å². The number of rotatable bonds is 2. The van der Waals surface area contributed by atoms with E-state index in [0.29, 0.717) is 5.95 Å². The fourth-order valence-corrected chi connectivity index (χ4v) is 2.25. The van der Waals surface area contributed by atoms with E-state index in [0.717, 1.165) is 24.7 Å². The Kier molecular flexibility index (Phi) is 2.93. The molecule has 5 heteroatoms. The Morgan fingerprint density at radius 2 is 1.94 bits per heavy atom. The molecular weight excluding hydrogens is 214 g/mol. The number of aromatic nitrogens is 3. The molecule has 0 spiro atoms. The zero-order chi connectivity index (χ0) is 12.6. The van der Waals surface area contributed by atoms with Gasteiger partial charge in [-0.3, -0.25) is 0 Å². The van der Waals surface area contributed by atoms with Gasteiger partial charge in [-0.05, 0) is 26.7 Å². The van der Waals surface area contributed by atoms with Crippen LogP contribution < -0.4 is 10.6 Å². The Morgan fingerprint density at radius 1 is 1.24 bits per heavy atom. The lowest BCUT2D eigenvalue weighted by atomic mass is 10.0. The van der Waals surface area contributed by atoms with Gasteiger partial charge in [0.05, 0.1) is 0 Å². The summed E-state index contributed by atoms with van der Waals surface area (Å²) in [7, 11) is 0. The van der Waals surface area contributed by atoms with Crippen LogP contribution in [0, 0.1) is 0 Å². The number of nitrogens with two attached hydrogens (primary N) is 1. The predicted octanol–water partition coefficient (Wildman–Crippen LogP) is 1.96. The standard InChI is InChI=1S/C12H21N5/c1-8(2)9-14-10(13)16-11(15-9)17-7-5-6-12(17,3)4/h8H,5-7H2,1-4H3,(H2,13,14,15,16). The van der Waals surface area contributed by atoms with E-state index in [2.05, 4.69) is 47.5 Å². The van der Waals surface area contributed by atoms with Crippen LogP contribution >= 0.6 is 0 Å². The highest BCUT2D eigenvalue weighted by atomic mass is 15.3. The normalized spacial score (nSPS) is 19.0. The first-order valence-corrected chi connectivity index (χ1v) is 6.19. The second kappa shape index (κ2) is 4.13. The third kappa shape index (κ3) is 2.33. The van der Waals surface area contributed by atoms with E-state index in [-0.39, 0.29) is 11.5 Å². The van der Waals surface area contributed by atoms with Crippen molar-refractivity contribution in [3.63, 3.8) is 0 Å². The summed E-state index contributed by atoms with van der Waals surface area (Å²) in [5.74, 6) is 2.09. The Labute approximate surface area is 102 Å². The second-order valence-electron chi connectivity index (χ2n) is 5.57. The lowest BCUT2D eigenvalue weighted by molar-refractivity contribution is 0.508. The van der Waals surface area contributed by atoms with Crippen LogP contribution in [0.1, 0.15) is 52.3 Å². The van der Waals surface area contributed by atoms with Gasteiger partial charge in [0.2, 0.25) is 11.9 Å². The molecule has 2 heterocycles. The lowest BCUT2D eigenvalue weighted by Crippen LogP contribution is -2.39. The fraction of sp³-hybridized carbons (Fsp3) is 0.750. The van der Waals surface area contributed by atoms with Gasteiger partial charge in [0, 0.05) is 18.0 Å². The van der Waals surface area contributed by atoms with Crippen LogP contribution in [0.25, 0.3) is 0 Å². The van der Waals surface area contributed by atoms with Crippen molar-refractivity contribution >= 4 is 11.9 Å². The van der Waals surface area contributed by atoms with Crippen LogP contribution in [0.3, 0.4) is 0 Å². The summed E-state index contributed by atoms with van der Waals surface area (Å²) in [6.07, 6.45) is 2.34. The van der Waals surface area contributed by atoms with Crippen molar-refractivity contribution in [3.05, 3.63) is 5.82 Å². The lowest BCUT2D eigenvalue weighted by Gasteiger charge is -2.31. The first-order valence-electron chi connectivity index (χ1n) is 6.19. The van der Waals surface area contributed by atoms with E-state index in [1.165, 1.54) is 6.42 Å². The van der Waals surface area contributed by atoms with Crippen molar-refractivity contribution in [3.8, 4) is 0 Å². The molecule has 1 aromatic heterocycles. The van der Waals surface area contributed by atoms with Gasteiger partial charge in [-0.15, -0.1) is 0 Å². The van der Waals surface area contributed by atoms with Crippen LogP contribution in [-0.4, -0.2) is 27.0 Å². The summed E-state index contributed by atoms with van der Waals surface area (Å²) in [5, 5.41) is 0. The Morgan fingerprint density at radius 3 is 2.47 bits per heavy atom. The van der Waals surface area contributed by atoms with Crippen LogP contribution in [0.5, 0.6) is 0 Å². The van der Waals surface area contributed by atoms with Gasteiger partial charge < -0.3 is 10.6 Å². The molecule has 0 aromatic carbocycles. The molecule has 1 aliphatic rings. The van der Waals surface area contributed by atoms with Crippen molar-refractivity contribution < 1.29 is 0 Å². The zero-order valence-corrected chi connectivity index (χ0v) is 11.1. The summed E-state index contributed by atoms with van der Waals surface area (Å²) >= 11 is 0. The minimum absolute atomic E-state index is 0.113. The number of hydrogen-bond donors (Lipinski definition) is 1. The molecule has 0 bridgehead atoms. The SMILES string of the molecule is CC(C)c1nc(N)nc(N2CCCC2(C)C)n1. The van der Waals surface area contributed by atoms with Crippen LogP contribution in [0.4, 0.5) is 11.9 Å². The van der Waals surface area contributed by atoms with E-state index < -0.39 is 0 Å². The molecule has 0 radical (unpaired) electrons. The smallest absolute Gasteiger partial charge is 0.230 e. The summed E-state index contributed by atoms with van der Waals surface area (Å²) < 4.78 is 0. The maximum absolute atomic E-state index is 5.76. The molecule has 1 aromatic rings. The van der Waals surface area contributed by atoms with Crippen molar-refractivity contribution in [1.29, 1.82) is 0 Å². The maximum atomic E-state index is 5.76.